The third-order valence-electron chi connectivity index (χ3n) is 5.16. The van der Waals surface area contributed by atoms with Crippen LogP contribution in [0.5, 0.6) is 11.5 Å². The number of ether oxygens (including phenoxy) is 2. The fraction of sp³-hybridized carbons (Fsp3) is 0.708. The molecule has 0 spiro atoms. The lowest BCUT2D eigenvalue weighted by molar-refractivity contribution is 0.125. The number of para-hydroxylation sites is 1. The average Bonchev–Trinajstić information content (AvgIpc) is 2.70. The summed E-state index contributed by atoms with van der Waals surface area (Å²) in [5, 5.41) is 18.7. The summed E-state index contributed by atoms with van der Waals surface area (Å²) >= 11 is 0. The molecule has 1 aromatic rings. The molecular weight excluding hydrogens is 368 g/mol. The summed E-state index contributed by atoms with van der Waals surface area (Å²) in [4.78, 5) is 10.6. The normalized spacial score (nSPS) is 10.9. The van der Waals surface area contributed by atoms with Crippen LogP contribution >= 0.6 is 0 Å². The molecule has 0 saturated carbocycles. The summed E-state index contributed by atoms with van der Waals surface area (Å²) in [6, 6.07) is 4.99. The molecule has 2 N–H and O–H groups in total. The minimum Gasteiger partial charge on any atom is -0.504 e. The van der Waals surface area contributed by atoms with E-state index in [4.69, 9.17) is 9.84 Å². The number of carbonyl (C=O) groups is 1. The van der Waals surface area contributed by atoms with Gasteiger partial charge in [0.15, 0.2) is 11.5 Å². The minimum absolute atomic E-state index is 0.00970. The molecule has 0 saturated heterocycles. The largest absolute Gasteiger partial charge is 0.511 e. The molecule has 5 nitrogen and oxygen atoms in total. The van der Waals surface area contributed by atoms with Crippen LogP contribution in [0.15, 0.2) is 18.2 Å². The van der Waals surface area contributed by atoms with Gasteiger partial charge in [-0.05, 0) is 37.3 Å². The molecule has 0 unspecified atom stereocenters. The van der Waals surface area contributed by atoms with Crippen molar-refractivity contribution < 1.29 is 24.5 Å². The smallest absolute Gasteiger partial charge is 0.504 e. The van der Waals surface area contributed by atoms with E-state index in [-0.39, 0.29) is 11.5 Å². The van der Waals surface area contributed by atoms with Gasteiger partial charge in [0.25, 0.3) is 0 Å². The maximum Gasteiger partial charge on any atom is 0.511 e. The van der Waals surface area contributed by atoms with Gasteiger partial charge in [-0.15, -0.1) is 0 Å². The van der Waals surface area contributed by atoms with Crippen molar-refractivity contribution in [1.29, 1.82) is 0 Å². The summed E-state index contributed by atoms with van der Waals surface area (Å²) in [7, 11) is 0. The zero-order valence-corrected chi connectivity index (χ0v) is 18.2. The van der Waals surface area contributed by atoms with Gasteiger partial charge in [0.1, 0.15) is 0 Å². The van der Waals surface area contributed by atoms with Crippen molar-refractivity contribution in [2.45, 2.75) is 96.8 Å². The van der Waals surface area contributed by atoms with Gasteiger partial charge < -0.3 is 19.7 Å². The van der Waals surface area contributed by atoms with Crippen molar-refractivity contribution in [2.75, 3.05) is 13.2 Å². The zero-order chi connectivity index (χ0) is 21.2. The molecular formula is C24H40O5. The van der Waals surface area contributed by atoms with Gasteiger partial charge >= 0.3 is 6.16 Å². The molecule has 5 heteroatoms. The van der Waals surface area contributed by atoms with Gasteiger partial charge in [-0.2, -0.15) is 0 Å². The summed E-state index contributed by atoms with van der Waals surface area (Å²) < 4.78 is 10.3. The zero-order valence-electron chi connectivity index (χ0n) is 18.2. The van der Waals surface area contributed by atoms with Crippen LogP contribution in [-0.2, 0) is 11.2 Å². The molecule has 0 fully saturated rings. The molecule has 0 radical (unpaired) electrons. The predicted octanol–water partition coefficient (Wildman–Crippen LogP) is 7.10. The Balaban J connectivity index is 1.92. The maximum atomic E-state index is 10.6. The van der Waals surface area contributed by atoms with Crippen molar-refractivity contribution in [3.8, 4) is 11.5 Å². The fourth-order valence-electron chi connectivity index (χ4n) is 3.44. The standard InChI is InChI=1S/C24H40O5/c1-2-3-4-10-13-19-28-20-14-11-8-6-5-7-9-12-16-21-17-15-18-22(23(21)25)29-24(26)27/h15,17-18,25H,2-14,16,19-20H2,1H3,(H,26,27). The van der Waals surface area contributed by atoms with Crippen LogP contribution in [0.4, 0.5) is 4.79 Å². The molecule has 0 aliphatic heterocycles. The van der Waals surface area contributed by atoms with Crippen molar-refractivity contribution in [3.63, 3.8) is 0 Å². The van der Waals surface area contributed by atoms with Crippen LogP contribution in [0.25, 0.3) is 0 Å². The fourth-order valence-corrected chi connectivity index (χ4v) is 3.44. The molecule has 0 heterocycles. The van der Waals surface area contributed by atoms with E-state index in [1.807, 2.05) is 6.07 Å². The summed E-state index contributed by atoms with van der Waals surface area (Å²) in [6.07, 6.45) is 15.3. The Morgan fingerprint density at radius 1 is 0.828 bits per heavy atom. The molecule has 1 rings (SSSR count). The monoisotopic (exact) mass is 408 g/mol. The second kappa shape index (κ2) is 17.1. The molecule has 166 valence electrons. The van der Waals surface area contributed by atoms with Gasteiger partial charge in [-0.3, -0.25) is 0 Å². The predicted molar refractivity (Wildman–Crippen MR) is 117 cm³/mol. The van der Waals surface area contributed by atoms with Crippen molar-refractivity contribution in [1.82, 2.24) is 0 Å². The van der Waals surface area contributed by atoms with Crippen LogP contribution in [0, 0.1) is 0 Å². The molecule has 29 heavy (non-hydrogen) atoms. The van der Waals surface area contributed by atoms with Crippen LogP contribution in [-0.4, -0.2) is 29.6 Å². The van der Waals surface area contributed by atoms with Crippen molar-refractivity contribution >= 4 is 6.16 Å². The Bertz CT molecular complexity index is 544. The Morgan fingerprint density at radius 2 is 1.38 bits per heavy atom. The summed E-state index contributed by atoms with van der Waals surface area (Å²) in [5.41, 5.74) is 0.745. The van der Waals surface area contributed by atoms with Crippen LogP contribution in [0.1, 0.15) is 96.0 Å². The van der Waals surface area contributed by atoms with E-state index in [1.165, 1.54) is 76.7 Å². The number of carboxylic acid groups (broad SMARTS) is 1. The topological polar surface area (TPSA) is 76.0 Å². The van der Waals surface area contributed by atoms with Crippen LogP contribution in [0.3, 0.4) is 0 Å². The number of unbranched alkanes of at least 4 members (excludes halogenated alkanes) is 11. The first-order valence-electron chi connectivity index (χ1n) is 11.4. The lowest BCUT2D eigenvalue weighted by Gasteiger charge is -2.08. The molecule has 0 aliphatic carbocycles. The second-order valence-corrected chi connectivity index (χ2v) is 7.74. The molecule has 1 aromatic carbocycles. The number of aryl methyl sites for hydroxylation is 1. The number of phenols is 1. The lowest BCUT2D eigenvalue weighted by Crippen LogP contribution is -2.03. The molecule has 0 bridgehead atoms. The highest BCUT2D eigenvalue weighted by molar-refractivity contribution is 5.63. The molecule has 0 amide bonds. The van der Waals surface area contributed by atoms with Gasteiger partial charge in [0.05, 0.1) is 0 Å². The summed E-state index contributed by atoms with van der Waals surface area (Å²) in [6.45, 7) is 4.07. The first kappa shape index (κ1) is 25.3. The van der Waals surface area contributed by atoms with E-state index >= 15 is 0 Å². The van der Waals surface area contributed by atoms with E-state index < -0.39 is 6.16 Å². The van der Waals surface area contributed by atoms with Gasteiger partial charge in [0.2, 0.25) is 0 Å². The highest BCUT2D eigenvalue weighted by Crippen LogP contribution is 2.31. The van der Waals surface area contributed by atoms with E-state index in [1.54, 1.807) is 6.07 Å². The number of benzene rings is 1. The van der Waals surface area contributed by atoms with E-state index in [9.17, 15) is 9.90 Å². The third kappa shape index (κ3) is 13.2. The molecule has 0 atom stereocenters. The Kier molecular flexibility index (Phi) is 14.9. The first-order chi connectivity index (χ1) is 14.1. The SMILES string of the molecule is CCCCCCCOCCCCCCCCCCc1cccc(OC(=O)O)c1O. The van der Waals surface area contributed by atoms with Crippen molar-refractivity contribution in [3.05, 3.63) is 23.8 Å². The molecule has 0 aromatic heterocycles. The number of aromatic hydroxyl groups is 1. The third-order valence-corrected chi connectivity index (χ3v) is 5.16. The van der Waals surface area contributed by atoms with Gasteiger partial charge in [-0.25, -0.2) is 4.79 Å². The van der Waals surface area contributed by atoms with E-state index in [0.717, 1.165) is 38.0 Å². The van der Waals surface area contributed by atoms with Crippen molar-refractivity contribution in [2.24, 2.45) is 0 Å². The lowest BCUT2D eigenvalue weighted by atomic mass is 10.0. The second-order valence-electron chi connectivity index (χ2n) is 7.74. The first-order valence-corrected chi connectivity index (χ1v) is 11.4. The quantitative estimate of drug-likeness (QED) is 0.154. The Hall–Kier alpha value is -1.75. The maximum absolute atomic E-state index is 10.6. The van der Waals surface area contributed by atoms with Gasteiger partial charge in [-0.1, -0.05) is 83.3 Å². The number of hydrogen-bond acceptors (Lipinski definition) is 4. The number of hydrogen-bond donors (Lipinski definition) is 2. The average molecular weight is 409 g/mol. The van der Waals surface area contributed by atoms with E-state index in [0.29, 0.717) is 0 Å². The highest BCUT2D eigenvalue weighted by Gasteiger charge is 2.10. The minimum atomic E-state index is -1.41. The highest BCUT2D eigenvalue weighted by atomic mass is 16.7. The summed E-state index contributed by atoms with van der Waals surface area (Å²) in [5.74, 6) is -0.0476. The Morgan fingerprint density at radius 3 is 1.97 bits per heavy atom. The number of rotatable bonds is 18. The van der Waals surface area contributed by atoms with E-state index in [2.05, 4.69) is 11.7 Å². The molecule has 0 aliphatic rings. The van der Waals surface area contributed by atoms with Crippen LogP contribution < -0.4 is 4.74 Å². The van der Waals surface area contributed by atoms with Crippen LogP contribution in [0.2, 0.25) is 0 Å². The Labute approximate surface area is 176 Å². The number of phenolic OH excluding ortho intramolecular Hbond substituents is 1. The van der Waals surface area contributed by atoms with Gasteiger partial charge in [0, 0.05) is 13.2 Å².